The fourth-order valence-corrected chi connectivity index (χ4v) is 2.78. The molecule has 1 N–H and O–H groups in total. The largest absolute Gasteiger partial charge is 0.368 e. The second kappa shape index (κ2) is 7.97. The minimum Gasteiger partial charge on any atom is -0.368 e. The lowest BCUT2D eigenvalue weighted by Crippen LogP contribution is -2.50. The Labute approximate surface area is 148 Å². The minimum absolute atomic E-state index is 0. The molecule has 2 heterocycles. The first-order chi connectivity index (χ1) is 11.1. The van der Waals surface area contributed by atoms with Crippen molar-refractivity contribution in [3.63, 3.8) is 0 Å². The quantitative estimate of drug-likeness (QED) is 0.907. The maximum atomic E-state index is 12.3. The number of benzene rings is 1. The van der Waals surface area contributed by atoms with Crippen LogP contribution in [0.1, 0.15) is 11.1 Å². The summed E-state index contributed by atoms with van der Waals surface area (Å²) in [6.45, 7) is 7.33. The van der Waals surface area contributed by atoms with Crippen LogP contribution >= 0.6 is 12.4 Å². The lowest BCUT2D eigenvalue weighted by Gasteiger charge is -2.36. The Balaban J connectivity index is 0.00000208. The number of aryl methyl sites for hydroxylation is 1. The molecule has 7 heteroatoms. The van der Waals surface area contributed by atoms with Gasteiger partial charge in [0.05, 0.1) is 6.20 Å². The van der Waals surface area contributed by atoms with E-state index in [9.17, 15) is 4.79 Å². The normalized spacial score (nSPS) is 14.1. The van der Waals surface area contributed by atoms with Crippen LogP contribution in [0.2, 0.25) is 0 Å². The first-order valence-corrected chi connectivity index (χ1v) is 7.78. The summed E-state index contributed by atoms with van der Waals surface area (Å²) >= 11 is 0. The van der Waals surface area contributed by atoms with Crippen molar-refractivity contribution in [3.8, 4) is 0 Å². The number of aromatic nitrogens is 2. The lowest BCUT2D eigenvalue weighted by atomic mass is 10.1. The Morgan fingerprint density at radius 1 is 1.12 bits per heavy atom. The number of carbonyl (C=O) groups excluding carboxylic acids is 1. The Bertz CT molecular complexity index is 687. The molecular formula is C17H22ClN5O. The molecule has 0 unspecified atom stereocenters. The molecule has 6 nitrogen and oxygen atoms in total. The van der Waals surface area contributed by atoms with E-state index in [0.29, 0.717) is 18.9 Å². The number of hydrogen-bond donors (Lipinski definition) is 1. The van der Waals surface area contributed by atoms with Crippen LogP contribution in [0.25, 0.3) is 0 Å². The molecule has 3 rings (SSSR count). The SMILES string of the molecule is Cc1cccc(N2CCN(C(=O)Nc3cnccn3)CC2)c1C.Cl. The Hall–Kier alpha value is -2.34. The van der Waals surface area contributed by atoms with E-state index in [4.69, 9.17) is 0 Å². The number of rotatable bonds is 2. The summed E-state index contributed by atoms with van der Waals surface area (Å²) in [5.74, 6) is 0.481. The van der Waals surface area contributed by atoms with E-state index in [2.05, 4.69) is 52.2 Å². The summed E-state index contributed by atoms with van der Waals surface area (Å²) in [4.78, 5) is 24.4. The first kappa shape index (κ1) is 18.0. The number of nitrogens with zero attached hydrogens (tertiary/aromatic N) is 4. The van der Waals surface area contributed by atoms with Crippen molar-refractivity contribution >= 4 is 29.9 Å². The zero-order valence-electron chi connectivity index (χ0n) is 13.9. The zero-order chi connectivity index (χ0) is 16.2. The van der Waals surface area contributed by atoms with E-state index in [0.717, 1.165) is 13.1 Å². The number of urea groups is 1. The highest BCUT2D eigenvalue weighted by atomic mass is 35.5. The van der Waals surface area contributed by atoms with Gasteiger partial charge in [-0.05, 0) is 31.0 Å². The van der Waals surface area contributed by atoms with Crippen LogP contribution in [-0.4, -0.2) is 47.1 Å². The number of nitrogens with one attached hydrogen (secondary N) is 1. The van der Waals surface area contributed by atoms with Gasteiger partial charge in [0.2, 0.25) is 0 Å². The van der Waals surface area contributed by atoms with Gasteiger partial charge in [0.25, 0.3) is 0 Å². The molecule has 1 fully saturated rings. The molecule has 0 radical (unpaired) electrons. The van der Waals surface area contributed by atoms with Crippen molar-refractivity contribution in [2.75, 3.05) is 36.4 Å². The number of halogens is 1. The van der Waals surface area contributed by atoms with Gasteiger partial charge in [0.15, 0.2) is 5.82 Å². The van der Waals surface area contributed by atoms with E-state index in [1.54, 1.807) is 18.6 Å². The van der Waals surface area contributed by atoms with Gasteiger partial charge in [-0.3, -0.25) is 10.3 Å². The summed E-state index contributed by atoms with van der Waals surface area (Å²) in [5.41, 5.74) is 3.87. The van der Waals surface area contributed by atoms with Gasteiger partial charge in [-0.15, -0.1) is 12.4 Å². The van der Waals surface area contributed by atoms with Crippen molar-refractivity contribution in [2.24, 2.45) is 0 Å². The molecule has 0 bridgehead atoms. The smallest absolute Gasteiger partial charge is 0.323 e. The topological polar surface area (TPSA) is 61.4 Å². The second-order valence-corrected chi connectivity index (χ2v) is 5.71. The molecule has 1 aromatic carbocycles. The van der Waals surface area contributed by atoms with Crippen molar-refractivity contribution in [1.82, 2.24) is 14.9 Å². The van der Waals surface area contributed by atoms with Crippen LogP contribution in [0.15, 0.2) is 36.8 Å². The number of amides is 2. The highest BCUT2D eigenvalue weighted by Crippen LogP contribution is 2.23. The van der Waals surface area contributed by atoms with E-state index < -0.39 is 0 Å². The molecular weight excluding hydrogens is 326 g/mol. The van der Waals surface area contributed by atoms with Crippen LogP contribution in [0.3, 0.4) is 0 Å². The first-order valence-electron chi connectivity index (χ1n) is 7.78. The van der Waals surface area contributed by atoms with Crippen LogP contribution in [0.5, 0.6) is 0 Å². The third kappa shape index (κ3) is 3.94. The van der Waals surface area contributed by atoms with Crippen molar-refractivity contribution < 1.29 is 4.79 Å². The number of piperazine rings is 1. The molecule has 1 saturated heterocycles. The average Bonchev–Trinajstić information content (AvgIpc) is 2.58. The summed E-state index contributed by atoms with van der Waals surface area (Å²) in [5, 5.41) is 2.78. The van der Waals surface area contributed by atoms with Crippen LogP contribution in [0.4, 0.5) is 16.3 Å². The molecule has 24 heavy (non-hydrogen) atoms. The summed E-state index contributed by atoms with van der Waals surface area (Å²) in [7, 11) is 0. The molecule has 1 aliphatic heterocycles. The average molecular weight is 348 g/mol. The number of hydrogen-bond acceptors (Lipinski definition) is 4. The Morgan fingerprint density at radius 2 is 1.88 bits per heavy atom. The third-order valence-corrected chi connectivity index (χ3v) is 4.28. The highest BCUT2D eigenvalue weighted by Gasteiger charge is 2.22. The molecule has 1 aromatic heterocycles. The molecule has 0 atom stereocenters. The Morgan fingerprint density at radius 3 is 2.54 bits per heavy atom. The molecule has 2 amide bonds. The Kier molecular flexibility index (Phi) is 5.98. The minimum atomic E-state index is -0.119. The van der Waals surface area contributed by atoms with Gasteiger partial charge in [0, 0.05) is 44.3 Å². The monoisotopic (exact) mass is 347 g/mol. The van der Waals surface area contributed by atoms with Gasteiger partial charge in [0.1, 0.15) is 0 Å². The summed E-state index contributed by atoms with van der Waals surface area (Å²) in [6, 6.07) is 6.25. The van der Waals surface area contributed by atoms with Gasteiger partial charge in [-0.1, -0.05) is 12.1 Å². The van der Waals surface area contributed by atoms with Crippen molar-refractivity contribution in [2.45, 2.75) is 13.8 Å². The van der Waals surface area contributed by atoms with Crippen molar-refractivity contribution in [1.29, 1.82) is 0 Å². The van der Waals surface area contributed by atoms with Crippen LogP contribution < -0.4 is 10.2 Å². The molecule has 0 saturated carbocycles. The maximum absolute atomic E-state index is 12.3. The van der Waals surface area contributed by atoms with Crippen LogP contribution in [0, 0.1) is 13.8 Å². The summed E-state index contributed by atoms with van der Waals surface area (Å²) in [6.07, 6.45) is 4.69. The molecule has 128 valence electrons. The summed E-state index contributed by atoms with van der Waals surface area (Å²) < 4.78 is 0. The fourth-order valence-electron chi connectivity index (χ4n) is 2.78. The fraction of sp³-hybridized carbons (Fsp3) is 0.353. The van der Waals surface area contributed by atoms with Crippen LogP contribution in [-0.2, 0) is 0 Å². The van der Waals surface area contributed by atoms with Crippen molar-refractivity contribution in [3.05, 3.63) is 47.9 Å². The van der Waals surface area contributed by atoms with E-state index in [1.165, 1.54) is 16.8 Å². The molecule has 0 aliphatic carbocycles. The van der Waals surface area contributed by atoms with Gasteiger partial charge in [-0.25, -0.2) is 9.78 Å². The van der Waals surface area contributed by atoms with Gasteiger partial charge >= 0.3 is 6.03 Å². The predicted octanol–water partition coefficient (Wildman–Crippen LogP) is 2.87. The standard InChI is InChI=1S/C17H21N5O.ClH/c1-13-4-3-5-15(14(13)2)21-8-10-22(11-9-21)17(23)20-16-12-18-6-7-19-16;/h3-7,12H,8-11H2,1-2H3,(H,19,20,23);1H. The van der Waals surface area contributed by atoms with E-state index in [-0.39, 0.29) is 18.4 Å². The maximum Gasteiger partial charge on any atom is 0.323 e. The van der Waals surface area contributed by atoms with E-state index >= 15 is 0 Å². The van der Waals surface area contributed by atoms with Gasteiger partial charge in [-0.2, -0.15) is 0 Å². The third-order valence-electron chi connectivity index (χ3n) is 4.28. The number of anilines is 2. The number of carbonyl (C=O) groups is 1. The molecule has 0 spiro atoms. The lowest BCUT2D eigenvalue weighted by molar-refractivity contribution is 0.208. The van der Waals surface area contributed by atoms with Gasteiger partial charge < -0.3 is 9.80 Å². The zero-order valence-corrected chi connectivity index (χ0v) is 14.7. The van der Waals surface area contributed by atoms with E-state index in [1.807, 2.05) is 4.90 Å². The molecule has 2 aromatic rings. The molecule has 1 aliphatic rings. The highest BCUT2D eigenvalue weighted by molar-refractivity contribution is 5.88. The predicted molar refractivity (Wildman–Crippen MR) is 98.0 cm³/mol. The second-order valence-electron chi connectivity index (χ2n) is 5.71.